The Bertz CT molecular complexity index is 3440. The van der Waals surface area contributed by atoms with E-state index >= 15 is 0 Å². The van der Waals surface area contributed by atoms with Crippen LogP contribution in [0.5, 0.6) is 0 Å². The van der Waals surface area contributed by atoms with E-state index in [1.54, 1.807) is 0 Å². The lowest BCUT2D eigenvalue weighted by atomic mass is 9.67. The Kier molecular flexibility index (Phi) is 10.8. The summed E-state index contributed by atoms with van der Waals surface area (Å²) in [6.07, 6.45) is 0. The zero-order valence-corrected chi connectivity index (χ0v) is 38.1. The fraction of sp³-hybridized carbons (Fsp3) is 0.0149. The summed E-state index contributed by atoms with van der Waals surface area (Å²) in [5.74, 6) is 0. The Balaban J connectivity index is 1.05. The van der Waals surface area contributed by atoms with Gasteiger partial charge in [-0.2, -0.15) is 0 Å². The molecular weight excluding hydrogens is 833 g/mol. The van der Waals surface area contributed by atoms with E-state index in [-0.39, 0.29) is 0 Å². The first-order valence-electron chi connectivity index (χ1n) is 23.8. The highest BCUT2D eigenvalue weighted by molar-refractivity contribution is 6.04. The minimum absolute atomic E-state index is 0.521. The van der Waals surface area contributed by atoms with E-state index in [2.05, 4.69) is 301 Å². The highest BCUT2D eigenvalue weighted by atomic mass is 15.2. The highest BCUT2D eigenvalue weighted by Crippen LogP contribution is 2.59. The summed E-state index contributed by atoms with van der Waals surface area (Å²) in [5.41, 5.74) is 20.6. The van der Waals surface area contributed by atoms with Crippen LogP contribution in [0.2, 0.25) is 0 Å². The summed E-state index contributed by atoms with van der Waals surface area (Å²) in [6, 6.07) is 106. The van der Waals surface area contributed by atoms with Gasteiger partial charge in [-0.15, -0.1) is 0 Å². The topological polar surface area (TPSA) is 6.48 Å². The first-order chi connectivity index (χ1) is 34.3. The molecule has 0 atom stereocenters. The quantitative estimate of drug-likeness (QED) is 0.128. The summed E-state index contributed by atoms with van der Waals surface area (Å²) < 4.78 is 0. The van der Waals surface area contributed by atoms with Crippen molar-refractivity contribution in [3.63, 3.8) is 0 Å². The van der Waals surface area contributed by atoms with Gasteiger partial charge in [0.1, 0.15) is 0 Å². The molecule has 326 valence electrons. The molecule has 2 nitrogen and oxygen atoms in total. The zero-order chi connectivity index (χ0) is 46.0. The standard InChI is InChI=1S/C67H48N2/c1-7-24-50(25-8-1)59-39-22-41-61(60-40-23-43-64-65(60)62-38-19-20-42-63(62)67(64,52-27-9-2-10-28-52)53-29-11-3-12-30-53)66(59)69(56-35-17-6-18-36-56)57-46-44-49(45-47-57)51-26-21-37-58(48-51)68(54-31-13-4-14-32-54)55-33-15-5-16-34-55/h1-48H. The van der Waals surface area contributed by atoms with Crippen LogP contribution in [0.4, 0.5) is 34.1 Å². The molecular formula is C67H48N2. The molecule has 11 aromatic rings. The van der Waals surface area contributed by atoms with Gasteiger partial charge in [0, 0.05) is 39.6 Å². The SMILES string of the molecule is c1ccc(-c2cccc(-c3cccc4c3-c3ccccc3C4(c3ccccc3)c3ccccc3)c2N(c2ccccc2)c2ccc(-c3cccc(N(c4ccccc4)c4ccccc4)c3)cc2)cc1. The minimum Gasteiger partial charge on any atom is -0.310 e. The van der Waals surface area contributed by atoms with Gasteiger partial charge < -0.3 is 9.80 Å². The Hall–Kier alpha value is -8.98. The van der Waals surface area contributed by atoms with E-state index in [0.717, 1.165) is 61.9 Å². The molecule has 1 aliphatic rings. The Morgan fingerprint density at radius 3 is 1.25 bits per heavy atom. The van der Waals surface area contributed by atoms with Crippen LogP contribution >= 0.6 is 0 Å². The number of fused-ring (bicyclic) bond motifs is 3. The predicted molar refractivity (Wildman–Crippen MR) is 289 cm³/mol. The molecule has 0 heterocycles. The minimum atomic E-state index is -0.521. The maximum absolute atomic E-state index is 2.46. The number of hydrogen-bond acceptors (Lipinski definition) is 2. The van der Waals surface area contributed by atoms with E-state index in [9.17, 15) is 0 Å². The number of anilines is 6. The molecule has 0 amide bonds. The normalized spacial score (nSPS) is 12.2. The van der Waals surface area contributed by atoms with Gasteiger partial charge in [-0.05, 0) is 116 Å². The van der Waals surface area contributed by atoms with Crippen molar-refractivity contribution >= 4 is 34.1 Å². The van der Waals surface area contributed by atoms with E-state index in [1.165, 1.54) is 38.9 Å². The molecule has 0 aromatic heterocycles. The summed E-state index contributed by atoms with van der Waals surface area (Å²) in [4.78, 5) is 4.78. The second-order valence-electron chi connectivity index (χ2n) is 17.6. The van der Waals surface area contributed by atoms with Gasteiger partial charge in [0.05, 0.1) is 11.1 Å². The lowest BCUT2D eigenvalue weighted by molar-refractivity contribution is 0.768. The van der Waals surface area contributed by atoms with Crippen molar-refractivity contribution < 1.29 is 0 Å². The molecule has 0 fully saturated rings. The Labute approximate surface area is 405 Å². The van der Waals surface area contributed by atoms with Gasteiger partial charge >= 0.3 is 0 Å². The first-order valence-corrected chi connectivity index (χ1v) is 23.8. The largest absolute Gasteiger partial charge is 0.310 e. The third-order valence-electron chi connectivity index (χ3n) is 13.7. The average Bonchev–Trinajstić information content (AvgIpc) is 3.74. The van der Waals surface area contributed by atoms with Crippen molar-refractivity contribution in [3.8, 4) is 44.5 Å². The van der Waals surface area contributed by atoms with Gasteiger partial charge in [-0.25, -0.2) is 0 Å². The third-order valence-corrected chi connectivity index (χ3v) is 13.7. The van der Waals surface area contributed by atoms with Crippen LogP contribution in [0, 0.1) is 0 Å². The fourth-order valence-electron chi connectivity index (χ4n) is 10.8. The predicted octanol–water partition coefficient (Wildman–Crippen LogP) is 18.0. The molecule has 0 unspecified atom stereocenters. The van der Waals surface area contributed by atoms with Gasteiger partial charge in [-0.3, -0.25) is 0 Å². The molecule has 69 heavy (non-hydrogen) atoms. The number of hydrogen-bond donors (Lipinski definition) is 0. The van der Waals surface area contributed by atoms with Crippen LogP contribution < -0.4 is 9.80 Å². The number of rotatable bonds is 11. The molecule has 0 spiro atoms. The van der Waals surface area contributed by atoms with Crippen LogP contribution in [-0.2, 0) is 5.41 Å². The Morgan fingerprint density at radius 1 is 0.232 bits per heavy atom. The van der Waals surface area contributed by atoms with E-state index in [0.29, 0.717) is 0 Å². The van der Waals surface area contributed by atoms with Crippen LogP contribution in [0.3, 0.4) is 0 Å². The molecule has 12 rings (SSSR count). The van der Waals surface area contributed by atoms with E-state index in [4.69, 9.17) is 0 Å². The molecule has 0 saturated carbocycles. The summed E-state index contributed by atoms with van der Waals surface area (Å²) in [7, 11) is 0. The number of para-hydroxylation sites is 4. The van der Waals surface area contributed by atoms with Crippen molar-refractivity contribution in [2.75, 3.05) is 9.80 Å². The third kappa shape index (κ3) is 7.31. The van der Waals surface area contributed by atoms with Crippen molar-refractivity contribution in [2.45, 2.75) is 5.41 Å². The lowest BCUT2D eigenvalue weighted by Crippen LogP contribution is -2.28. The van der Waals surface area contributed by atoms with E-state index in [1.807, 2.05) is 0 Å². The molecule has 0 aliphatic heterocycles. The van der Waals surface area contributed by atoms with Crippen LogP contribution in [0.25, 0.3) is 44.5 Å². The molecule has 2 heteroatoms. The molecule has 0 N–H and O–H groups in total. The van der Waals surface area contributed by atoms with Gasteiger partial charge in [-0.1, -0.05) is 231 Å². The molecule has 1 aliphatic carbocycles. The fourth-order valence-corrected chi connectivity index (χ4v) is 10.8. The smallest absolute Gasteiger partial charge is 0.0713 e. The second-order valence-corrected chi connectivity index (χ2v) is 17.6. The van der Waals surface area contributed by atoms with Crippen LogP contribution in [0.1, 0.15) is 22.3 Å². The summed E-state index contributed by atoms with van der Waals surface area (Å²) in [6.45, 7) is 0. The van der Waals surface area contributed by atoms with Gasteiger partial charge in [0.2, 0.25) is 0 Å². The Morgan fingerprint density at radius 2 is 0.638 bits per heavy atom. The lowest BCUT2D eigenvalue weighted by Gasteiger charge is -2.34. The van der Waals surface area contributed by atoms with Gasteiger partial charge in [0.25, 0.3) is 0 Å². The summed E-state index contributed by atoms with van der Waals surface area (Å²) in [5, 5.41) is 0. The molecule has 0 bridgehead atoms. The highest BCUT2D eigenvalue weighted by Gasteiger charge is 2.47. The molecule has 0 saturated heterocycles. The van der Waals surface area contributed by atoms with Crippen molar-refractivity contribution in [1.29, 1.82) is 0 Å². The number of benzene rings is 11. The van der Waals surface area contributed by atoms with Crippen molar-refractivity contribution in [2.24, 2.45) is 0 Å². The monoisotopic (exact) mass is 880 g/mol. The maximum atomic E-state index is 2.46. The first kappa shape index (κ1) is 41.5. The molecule has 11 aromatic carbocycles. The van der Waals surface area contributed by atoms with Crippen LogP contribution in [-0.4, -0.2) is 0 Å². The maximum Gasteiger partial charge on any atom is 0.0713 e. The summed E-state index contributed by atoms with van der Waals surface area (Å²) >= 11 is 0. The van der Waals surface area contributed by atoms with Gasteiger partial charge in [0.15, 0.2) is 0 Å². The number of nitrogens with zero attached hydrogens (tertiary/aromatic N) is 2. The van der Waals surface area contributed by atoms with Crippen LogP contribution in [0.15, 0.2) is 291 Å². The molecule has 0 radical (unpaired) electrons. The average molecular weight is 881 g/mol. The van der Waals surface area contributed by atoms with Crippen molar-refractivity contribution in [3.05, 3.63) is 313 Å². The zero-order valence-electron chi connectivity index (χ0n) is 38.1. The van der Waals surface area contributed by atoms with E-state index < -0.39 is 5.41 Å². The second kappa shape index (κ2) is 18.0. The van der Waals surface area contributed by atoms with Crippen molar-refractivity contribution in [1.82, 2.24) is 0 Å².